The van der Waals surface area contributed by atoms with Gasteiger partial charge in [0.1, 0.15) is 16.8 Å². The second-order valence-corrected chi connectivity index (χ2v) is 3.55. The van der Waals surface area contributed by atoms with Gasteiger partial charge in [-0.2, -0.15) is 0 Å². The van der Waals surface area contributed by atoms with E-state index in [1.165, 1.54) is 13.8 Å². The van der Waals surface area contributed by atoms with Crippen molar-refractivity contribution in [3.63, 3.8) is 0 Å². The monoisotopic (exact) mass is 291 g/mol. The van der Waals surface area contributed by atoms with Gasteiger partial charge in [0, 0.05) is 0 Å². The van der Waals surface area contributed by atoms with E-state index >= 15 is 0 Å². The van der Waals surface area contributed by atoms with Crippen molar-refractivity contribution in [2.24, 2.45) is 0 Å². The van der Waals surface area contributed by atoms with Gasteiger partial charge < -0.3 is 15.2 Å². The van der Waals surface area contributed by atoms with Crippen molar-refractivity contribution in [2.45, 2.75) is 13.8 Å². The minimum absolute atomic E-state index is 0.153. The minimum atomic E-state index is -1.77. The molecule has 0 saturated heterocycles. The molecule has 20 heavy (non-hydrogen) atoms. The van der Waals surface area contributed by atoms with Gasteiger partial charge in [-0.25, -0.2) is 22.8 Å². The number of rotatable bonds is 4. The van der Waals surface area contributed by atoms with Crippen LogP contribution in [0.3, 0.4) is 0 Å². The first kappa shape index (κ1) is 15.8. The van der Waals surface area contributed by atoms with Crippen molar-refractivity contribution in [3.05, 3.63) is 28.6 Å². The fraction of sp³-hybridized carbons (Fsp3) is 0.333. The van der Waals surface area contributed by atoms with Gasteiger partial charge in [-0.3, -0.25) is 0 Å². The van der Waals surface area contributed by atoms with Gasteiger partial charge in [0.2, 0.25) is 0 Å². The van der Waals surface area contributed by atoms with E-state index in [4.69, 9.17) is 5.73 Å². The van der Waals surface area contributed by atoms with E-state index in [-0.39, 0.29) is 13.2 Å². The van der Waals surface area contributed by atoms with Crippen LogP contribution in [0.1, 0.15) is 34.6 Å². The first-order chi connectivity index (χ1) is 9.36. The number of hydrogen-bond acceptors (Lipinski definition) is 5. The quantitative estimate of drug-likeness (QED) is 0.522. The minimum Gasteiger partial charge on any atom is -0.462 e. The molecule has 1 aromatic carbocycles. The molecule has 0 unspecified atom stereocenters. The number of benzene rings is 1. The molecule has 0 heterocycles. The predicted octanol–water partition coefficient (Wildman–Crippen LogP) is 2.04. The molecule has 1 aromatic rings. The lowest BCUT2D eigenvalue weighted by Gasteiger charge is -2.12. The molecule has 0 aliphatic rings. The maximum absolute atomic E-state index is 13.8. The van der Waals surface area contributed by atoms with Gasteiger partial charge >= 0.3 is 11.9 Å². The number of ether oxygens (including phenoxy) is 2. The summed E-state index contributed by atoms with van der Waals surface area (Å²) in [7, 11) is 0. The summed E-state index contributed by atoms with van der Waals surface area (Å²) in [6.07, 6.45) is 0. The summed E-state index contributed by atoms with van der Waals surface area (Å²) < 4.78 is 49.9. The number of nitrogen functional groups attached to an aromatic ring is 1. The number of carbonyl (C=O) groups excluding carboxylic acids is 2. The molecule has 0 aromatic heterocycles. The molecule has 0 radical (unpaired) electrons. The molecule has 0 bridgehead atoms. The summed E-state index contributed by atoms with van der Waals surface area (Å²) >= 11 is 0. The maximum Gasteiger partial charge on any atom is 0.342 e. The number of anilines is 1. The van der Waals surface area contributed by atoms with Gasteiger partial charge in [-0.05, 0) is 13.8 Å². The van der Waals surface area contributed by atoms with Crippen LogP contribution in [0.15, 0.2) is 0 Å². The van der Waals surface area contributed by atoms with Crippen LogP contribution >= 0.6 is 0 Å². The SMILES string of the molecule is CCOC(=O)c1c(F)c(N)c(F)c(F)c1C(=O)OCC. The van der Waals surface area contributed by atoms with Gasteiger partial charge in [0.25, 0.3) is 0 Å². The lowest BCUT2D eigenvalue weighted by atomic mass is 10.0. The summed E-state index contributed by atoms with van der Waals surface area (Å²) in [4.78, 5) is 23.2. The van der Waals surface area contributed by atoms with E-state index in [9.17, 15) is 22.8 Å². The van der Waals surface area contributed by atoms with E-state index < -0.39 is 46.2 Å². The highest BCUT2D eigenvalue weighted by atomic mass is 19.2. The Morgan fingerprint density at radius 1 is 0.900 bits per heavy atom. The Bertz CT molecular complexity index is 511. The Labute approximate surface area is 112 Å². The summed E-state index contributed by atoms with van der Waals surface area (Å²) in [6, 6.07) is 0. The molecule has 0 aliphatic heterocycles. The fourth-order valence-corrected chi connectivity index (χ4v) is 1.47. The van der Waals surface area contributed by atoms with Crippen LogP contribution in [0.4, 0.5) is 18.9 Å². The Morgan fingerprint density at radius 2 is 1.30 bits per heavy atom. The molecule has 0 fully saturated rings. The molecule has 2 N–H and O–H groups in total. The van der Waals surface area contributed by atoms with Crippen molar-refractivity contribution in [1.29, 1.82) is 0 Å². The molecule has 5 nitrogen and oxygen atoms in total. The normalized spacial score (nSPS) is 10.2. The van der Waals surface area contributed by atoms with E-state index in [2.05, 4.69) is 9.47 Å². The van der Waals surface area contributed by atoms with Crippen LogP contribution in [0, 0.1) is 17.5 Å². The standard InChI is InChI=1S/C12H12F3NO4/c1-3-19-11(17)5-6(12(18)20-4-2)8(14)10(16)9(15)7(5)13/h3-4,16H2,1-2H3. The third-order valence-electron chi connectivity index (χ3n) is 2.31. The largest absolute Gasteiger partial charge is 0.462 e. The van der Waals surface area contributed by atoms with Crippen molar-refractivity contribution in [1.82, 2.24) is 0 Å². The number of carbonyl (C=O) groups is 2. The van der Waals surface area contributed by atoms with Crippen LogP contribution < -0.4 is 5.73 Å². The van der Waals surface area contributed by atoms with Gasteiger partial charge in [-0.1, -0.05) is 0 Å². The van der Waals surface area contributed by atoms with Crippen LogP contribution in [-0.2, 0) is 9.47 Å². The molecule has 0 saturated carbocycles. The average molecular weight is 291 g/mol. The third-order valence-corrected chi connectivity index (χ3v) is 2.31. The lowest BCUT2D eigenvalue weighted by Crippen LogP contribution is -2.21. The summed E-state index contributed by atoms with van der Waals surface area (Å²) in [5, 5.41) is 0. The molecular formula is C12H12F3NO4. The Morgan fingerprint density at radius 3 is 1.70 bits per heavy atom. The van der Waals surface area contributed by atoms with Crippen LogP contribution in [-0.4, -0.2) is 25.2 Å². The Kier molecular flexibility index (Phi) is 4.95. The van der Waals surface area contributed by atoms with E-state index in [0.717, 1.165) is 0 Å². The second kappa shape index (κ2) is 6.27. The average Bonchev–Trinajstić information content (AvgIpc) is 2.40. The molecule has 0 spiro atoms. The summed E-state index contributed by atoms with van der Waals surface area (Å²) in [5.74, 6) is -7.81. The van der Waals surface area contributed by atoms with Crippen molar-refractivity contribution >= 4 is 17.6 Å². The van der Waals surface area contributed by atoms with Gasteiger partial charge in [0.05, 0.1) is 13.2 Å². The van der Waals surface area contributed by atoms with Crippen molar-refractivity contribution in [3.8, 4) is 0 Å². The molecule has 110 valence electrons. The Balaban J connectivity index is 3.60. The third kappa shape index (κ3) is 2.68. The number of esters is 2. The number of nitrogens with two attached hydrogens (primary N) is 1. The van der Waals surface area contributed by atoms with E-state index in [1.54, 1.807) is 0 Å². The van der Waals surface area contributed by atoms with Crippen LogP contribution in [0.2, 0.25) is 0 Å². The molecule has 0 aliphatic carbocycles. The molecule has 1 rings (SSSR count). The highest BCUT2D eigenvalue weighted by Crippen LogP contribution is 2.28. The van der Waals surface area contributed by atoms with Crippen LogP contribution in [0.25, 0.3) is 0 Å². The molecular weight excluding hydrogens is 279 g/mol. The van der Waals surface area contributed by atoms with Crippen LogP contribution in [0.5, 0.6) is 0 Å². The lowest BCUT2D eigenvalue weighted by molar-refractivity contribution is 0.0468. The predicted molar refractivity (Wildman–Crippen MR) is 62.6 cm³/mol. The van der Waals surface area contributed by atoms with Gasteiger partial charge in [0.15, 0.2) is 17.5 Å². The highest BCUT2D eigenvalue weighted by Gasteiger charge is 2.33. The molecule has 8 heteroatoms. The fourth-order valence-electron chi connectivity index (χ4n) is 1.47. The van der Waals surface area contributed by atoms with E-state index in [0.29, 0.717) is 0 Å². The second-order valence-electron chi connectivity index (χ2n) is 3.55. The van der Waals surface area contributed by atoms with Gasteiger partial charge in [-0.15, -0.1) is 0 Å². The molecule has 0 amide bonds. The highest BCUT2D eigenvalue weighted by molar-refractivity contribution is 6.04. The first-order valence-electron chi connectivity index (χ1n) is 5.66. The zero-order valence-electron chi connectivity index (χ0n) is 10.8. The summed E-state index contributed by atoms with van der Waals surface area (Å²) in [5.41, 5.74) is 1.55. The Hall–Kier alpha value is -2.25. The zero-order chi connectivity index (χ0) is 15.4. The smallest absolute Gasteiger partial charge is 0.342 e. The van der Waals surface area contributed by atoms with Crippen molar-refractivity contribution in [2.75, 3.05) is 18.9 Å². The first-order valence-corrected chi connectivity index (χ1v) is 5.66. The number of halogens is 3. The van der Waals surface area contributed by atoms with Crippen molar-refractivity contribution < 1.29 is 32.2 Å². The number of hydrogen-bond donors (Lipinski definition) is 1. The van der Waals surface area contributed by atoms with E-state index in [1.807, 2.05) is 0 Å². The topological polar surface area (TPSA) is 78.6 Å². The molecule has 0 atom stereocenters. The zero-order valence-corrected chi connectivity index (χ0v) is 10.8. The maximum atomic E-state index is 13.8. The summed E-state index contributed by atoms with van der Waals surface area (Å²) in [6.45, 7) is 2.50.